The first-order valence-electron chi connectivity index (χ1n) is 5.05. The predicted molar refractivity (Wildman–Crippen MR) is 58.9 cm³/mol. The largest absolute Gasteiger partial charge is 0.262 e. The van der Waals surface area contributed by atoms with Crippen molar-refractivity contribution in [2.24, 2.45) is 0 Å². The van der Waals surface area contributed by atoms with E-state index < -0.39 is 17.5 Å². The molecule has 0 saturated carbocycles. The summed E-state index contributed by atoms with van der Waals surface area (Å²) in [6.07, 6.45) is 0. The van der Waals surface area contributed by atoms with Crippen molar-refractivity contribution < 1.29 is 45.9 Å². The number of hydrogen-bond acceptors (Lipinski definition) is 0. The van der Waals surface area contributed by atoms with Crippen molar-refractivity contribution in [3.05, 3.63) is 58.9 Å². The van der Waals surface area contributed by atoms with E-state index in [1.54, 1.807) is 19.1 Å². The van der Waals surface area contributed by atoms with E-state index in [9.17, 15) is 13.2 Å². The number of benzene rings is 2. The molecule has 0 heterocycles. The Morgan fingerprint density at radius 2 is 1.44 bits per heavy atom. The number of rotatable bonds is 1. The zero-order valence-corrected chi connectivity index (χ0v) is 12.8. The Balaban J connectivity index is 0.00000162. The smallest absolute Gasteiger partial charge is 0.0742 e. The Bertz CT molecular complexity index is 556. The van der Waals surface area contributed by atoms with Crippen molar-refractivity contribution in [2.45, 2.75) is 13.8 Å². The van der Waals surface area contributed by atoms with Gasteiger partial charge in [-0.25, -0.2) is 19.9 Å². The third-order valence-electron chi connectivity index (χ3n) is 2.52. The molecule has 1 radical (unpaired) electrons. The number of hydrogen-bond donors (Lipinski definition) is 0. The van der Waals surface area contributed by atoms with Crippen LogP contribution in [0.1, 0.15) is 11.1 Å². The maximum atomic E-state index is 13.3. The minimum absolute atomic E-state index is 0. The van der Waals surface area contributed by atoms with Crippen LogP contribution in [0.3, 0.4) is 0 Å². The van der Waals surface area contributed by atoms with Crippen molar-refractivity contribution in [1.29, 1.82) is 0 Å². The SMILES string of the molecule is Cc1ccc(-c2[c-]c(F)c(F)c(C)c2)[c-]c1F.[Y]. The summed E-state index contributed by atoms with van der Waals surface area (Å²) in [5.41, 5.74) is 1.26. The molecule has 0 saturated heterocycles. The topological polar surface area (TPSA) is 0 Å². The molecule has 91 valence electrons. The molecular formula is C14H9F3Y-2. The van der Waals surface area contributed by atoms with Gasteiger partial charge in [0, 0.05) is 38.5 Å². The van der Waals surface area contributed by atoms with Gasteiger partial charge in [-0.3, -0.25) is 4.39 Å². The van der Waals surface area contributed by atoms with Crippen LogP contribution in [-0.2, 0) is 32.7 Å². The van der Waals surface area contributed by atoms with Gasteiger partial charge in [0.05, 0.1) is 11.6 Å². The number of aryl methyl sites for hydroxylation is 2. The molecule has 0 atom stereocenters. The first-order chi connectivity index (χ1) is 7.99. The maximum Gasteiger partial charge on any atom is 0.0742 e. The van der Waals surface area contributed by atoms with Gasteiger partial charge in [-0.15, -0.1) is 11.6 Å². The molecule has 0 aliphatic rings. The second-order valence-corrected chi connectivity index (χ2v) is 3.86. The van der Waals surface area contributed by atoms with Gasteiger partial charge < -0.3 is 0 Å². The van der Waals surface area contributed by atoms with Gasteiger partial charge in [-0.2, -0.15) is 24.3 Å². The first-order valence-corrected chi connectivity index (χ1v) is 5.05. The quantitative estimate of drug-likeness (QED) is 0.696. The summed E-state index contributed by atoms with van der Waals surface area (Å²) in [4.78, 5) is 0. The van der Waals surface area contributed by atoms with Crippen LogP contribution in [0.25, 0.3) is 11.1 Å². The number of halogens is 3. The van der Waals surface area contributed by atoms with Gasteiger partial charge in [0.2, 0.25) is 0 Å². The van der Waals surface area contributed by atoms with Crippen molar-refractivity contribution in [2.75, 3.05) is 0 Å². The van der Waals surface area contributed by atoms with Crippen molar-refractivity contribution in [1.82, 2.24) is 0 Å². The molecule has 2 aromatic rings. The fourth-order valence-electron chi connectivity index (χ4n) is 1.50. The Morgan fingerprint density at radius 1 is 0.833 bits per heavy atom. The molecule has 2 rings (SSSR count). The maximum absolute atomic E-state index is 13.3. The average Bonchev–Trinajstić information content (AvgIpc) is 2.29. The van der Waals surface area contributed by atoms with Crippen molar-refractivity contribution in [3.63, 3.8) is 0 Å². The minimum Gasteiger partial charge on any atom is -0.262 e. The molecule has 0 aliphatic heterocycles. The Morgan fingerprint density at radius 3 is 2.00 bits per heavy atom. The standard InChI is InChI=1S/C14H9F3.Y/c1-8-3-4-10(6-12(8)15)11-5-9(2)14(17)13(16)7-11;/h3-5H,1-2H3;/q-2;. The predicted octanol–water partition coefficient (Wildman–Crippen LogP) is 3.99. The zero-order chi connectivity index (χ0) is 12.6. The van der Waals surface area contributed by atoms with Crippen LogP contribution < -0.4 is 0 Å². The fourth-order valence-corrected chi connectivity index (χ4v) is 1.50. The molecule has 4 heteroatoms. The van der Waals surface area contributed by atoms with E-state index in [0.717, 1.165) is 0 Å². The molecule has 0 nitrogen and oxygen atoms in total. The molecule has 0 unspecified atom stereocenters. The summed E-state index contributed by atoms with van der Waals surface area (Å²) in [6.45, 7) is 3.05. The van der Waals surface area contributed by atoms with Gasteiger partial charge in [-0.05, 0) is 0 Å². The van der Waals surface area contributed by atoms with Gasteiger partial charge in [0.15, 0.2) is 0 Å². The van der Waals surface area contributed by atoms with E-state index >= 15 is 0 Å². The van der Waals surface area contributed by atoms with E-state index in [1.807, 2.05) is 0 Å². The molecule has 0 bridgehead atoms. The minimum atomic E-state index is -1.06. The van der Waals surface area contributed by atoms with E-state index in [-0.39, 0.29) is 38.3 Å². The summed E-state index contributed by atoms with van der Waals surface area (Å²) in [5.74, 6) is -2.49. The summed E-state index contributed by atoms with van der Waals surface area (Å²) in [6, 6.07) is 9.29. The monoisotopic (exact) mass is 323 g/mol. The van der Waals surface area contributed by atoms with Crippen LogP contribution in [0, 0.1) is 43.4 Å². The summed E-state index contributed by atoms with van der Waals surface area (Å²) < 4.78 is 39.6. The third-order valence-corrected chi connectivity index (χ3v) is 2.52. The van der Waals surface area contributed by atoms with Crippen molar-refractivity contribution >= 4 is 0 Å². The van der Waals surface area contributed by atoms with Crippen LogP contribution in [0.5, 0.6) is 0 Å². The molecule has 0 aromatic heterocycles. The third kappa shape index (κ3) is 3.01. The van der Waals surface area contributed by atoms with Crippen molar-refractivity contribution in [3.8, 4) is 11.1 Å². The van der Waals surface area contributed by atoms with Crippen LogP contribution in [-0.4, -0.2) is 0 Å². The summed E-state index contributed by atoms with van der Waals surface area (Å²) in [5, 5.41) is 0. The first kappa shape index (κ1) is 15.4. The Kier molecular flexibility index (Phi) is 5.12. The summed E-state index contributed by atoms with van der Waals surface area (Å²) >= 11 is 0. The zero-order valence-electron chi connectivity index (χ0n) is 9.94. The second-order valence-electron chi connectivity index (χ2n) is 3.86. The van der Waals surface area contributed by atoms with Crippen LogP contribution >= 0.6 is 0 Å². The van der Waals surface area contributed by atoms with Gasteiger partial charge >= 0.3 is 0 Å². The Labute approximate surface area is 129 Å². The second kappa shape index (κ2) is 5.98. The van der Waals surface area contributed by atoms with Gasteiger partial charge in [-0.1, -0.05) is 19.4 Å². The van der Waals surface area contributed by atoms with E-state index in [1.165, 1.54) is 13.0 Å². The van der Waals surface area contributed by atoms with Crippen LogP contribution in [0.4, 0.5) is 13.2 Å². The fraction of sp³-hybridized carbons (Fsp3) is 0.143. The molecule has 0 N–H and O–H groups in total. The Hall–Kier alpha value is -0.666. The van der Waals surface area contributed by atoms with E-state index in [2.05, 4.69) is 12.1 Å². The molecule has 18 heavy (non-hydrogen) atoms. The van der Waals surface area contributed by atoms with Crippen LogP contribution in [0.2, 0.25) is 0 Å². The van der Waals surface area contributed by atoms with Gasteiger partial charge in [0.1, 0.15) is 0 Å². The average molecular weight is 323 g/mol. The molecule has 0 amide bonds. The van der Waals surface area contributed by atoms with Crippen LogP contribution in [0.15, 0.2) is 18.2 Å². The van der Waals surface area contributed by atoms with E-state index in [0.29, 0.717) is 16.7 Å². The van der Waals surface area contributed by atoms with Gasteiger partial charge in [0.25, 0.3) is 0 Å². The molecule has 0 aliphatic carbocycles. The molecule has 2 aromatic carbocycles. The normalized spacial score (nSPS) is 10.1. The summed E-state index contributed by atoms with van der Waals surface area (Å²) in [7, 11) is 0. The molecule has 0 fully saturated rings. The van der Waals surface area contributed by atoms with E-state index in [4.69, 9.17) is 0 Å². The molecular weight excluding hydrogens is 314 g/mol. The molecule has 0 spiro atoms.